The van der Waals surface area contributed by atoms with Crippen LogP contribution >= 0.6 is 0 Å². The number of carbonyl (C=O) groups excluding carboxylic acids is 2. The van der Waals surface area contributed by atoms with Crippen molar-refractivity contribution in [2.75, 3.05) is 18.6 Å². The first-order valence-electron chi connectivity index (χ1n) is 8.32. The molecule has 25 heavy (non-hydrogen) atoms. The fourth-order valence-corrected chi connectivity index (χ4v) is 3.16. The molecule has 1 aliphatic heterocycles. The molecule has 2 aromatic carbocycles. The van der Waals surface area contributed by atoms with Gasteiger partial charge in [0, 0.05) is 17.8 Å². The van der Waals surface area contributed by atoms with Gasteiger partial charge in [0.2, 0.25) is 5.91 Å². The summed E-state index contributed by atoms with van der Waals surface area (Å²) in [7, 11) is 1.58. The minimum absolute atomic E-state index is 0.0631. The van der Waals surface area contributed by atoms with Crippen LogP contribution in [0.25, 0.3) is 0 Å². The largest absolute Gasteiger partial charge is 0.497 e. The van der Waals surface area contributed by atoms with Gasteiger partial charge in [0.15, 0.2) is 0 Å². The summed E-state index contributed by atoms with van der Waals surface area (Å²) >= 11 is 0. The first-order chi connectivity index (χ1) is 12.0. The van der Waals surface area contributed by atoms with E-state index in [1.807, 2.05) is 26.0 Å². The monoisotopic (exact) mass is 338 g/mol. The zero-order valence-electron chi connectivity index (χ0n) is 14.7. The Kier molecular flexibility index (Phi) is 4.74. The summed E-state index contributed by atoms with van der Waals surface area (Å²) in [6.45, 7) is 4.63. The Hall–Kier alpha value is -2.82. The van der Waals surface area contributed by atoms with E-state index in [2.05, 4.69) is 11.4 Å². The summed E-state index contributed by atoms with van der Waals surface area (Å²) in [6, 6.07) is 12.4. The molecule has 5 nitrogen and oxygen atoms in total. The Bertz CT molecular complexity index is 779. The van der Waals surface area contributed by atoms with E-state index in [-0.39, 0.29) is 11.8 Å². The zero-order chi connectivity index (χ0) is 18.0. The number of nitrogens with zero attached hydrogens (tertiary/aromatic N) is 1. The third-order valence-electron chi connectivity index (χ3n) is 4.38. The highest BCUT2D eigenvalue weighted by Gasteiger charge is 2.33. The predicted octanol–water partition coefficient (Wildman–Crippen LogP) is 2.85. The number of aryl methyl sites for hydroxylation is 2. The normalized spacial score (nSPS) is 16.8. The van der Waals surface area contributed by atoms with E-state index in [4.69, 9.17) is 4.74 Å². The van der Waals surface area contributed by atoms with Crippen LogP contribution in [0.1, 0.15) is 27.9 Å². The summed E-state index contributed by atoms with van der Waals surface area (Å²) in [6.07, 6.45) is 0.605. The van der Waals surface area contributed by atoms with E-state index in [9.17, 15) is 9.59 Å². The molecule has 130 valence electrons. The standard InChI is InChI=1S/C20H22N2O3/c1-13-10-14(2)12-16(11-13)22-9-8-18(20(22)24)21-19(23)15-4-6-17(25-3)7-5-15/h4-7,10-12,18H,8-9H2,1-3H3,(H,21,23). The molecule has 1 unspecified atom stereocenters. The lowest BCUT2D eigenvalue weighted by atomic mass is 10.1. The second-order valence-electron chi connectivity index (χ2n) is 6.38. The number of hydrogen-bond donors (Lipinski definition) is 1. The molecule has 3 rings (SSSR count). The maximum absolute atomic E-state index is 12.7. The van der Waals surface area contributed by atoms with Gasteiger partial charge in [0.1, 0.15) is 11.8 Å². The molecule has 1 aliphatic rings. The Balaban J connectivity index is 1.70. The van der Waals surface area contributed by atoms with E-state index < -0.39 is 6.04 Å². The molecule has 1 heterocycles. The molecule has 1 saturated heterocycles. The molecule has 0 aromatic heterocycles. The predicted molar refractivity (Wildman–Crippen MR) is 97.1 cm³/mol. The molecule has 1 atom stereocenters. The SMILES string of the molecule is COc1ccc(C(=O)NC2CCN(c3cc(C)cc(C)c3)C2=O)cc1. The number of amides is 2. The van der Waals surface area contributed by atoms with Crippen molar-refractivity contribution in [3.8, 4) is 5.75 Å². The van der Waals surface area contributed by atoms with Crippen LogP contribution in [-0.4, -0.2) is 31.5 Å². The van der Waals surface area contributed by atoms with Crippen molar-refractivity contribution in [3.05, 3.63) is 59.2 Å². The Morgan fingerprint density at radius 1 is 1.12 bits per heavy atom. The van der Waals surface area contributed by atoms with Gasteiger partial charge in [-0.05, 0) is 67.8 Å². The molecule has 5 heteroatoms. The summed E-state index contributed by atoms with van der Waals surface area (Å²) in [4.78, 5) is 26.8. The number of benzene rings is 2. The smallest absolute Gasteiger partial charge is 0.251 e. The summed E-state index contributed by atoms with van der Waals surface area (Å²) in [5.41, 5.74) is 3.64. The number of rotatable bonds is 4. The van der Waals surface area contributed by atoms with Gasteiger partial charge in [-0.25, -0.2) is 0 Å². The van der Waals surface area contributed by atoms with Crippen LogP contribution in [-0.2, 0) is 4.79 Å². The average Bonchev–Trinajstić information content (AvgIpc) is 2.95. The van der Waals surface area contributed by atoms with E-state index in [0.717, 1.165) is 16.8 Å². The summed E-state index contributed by atoms with van der Waals surface area (Å²) < 4.78 is 5.09. The maximum Gasteiger partial charge on any atom is 0.251 e. The lowest BCUT2D eigenvalue weighted by Crippen LogP contribution is -2.41. The van der Waals surface area contributed by atoms with E-state index in [1.54, 1.807) is 36.3 Å². The fourth-order valence-electron chi connectivity index (χ4n) is 3.16. The van der Waals surface area contributed by atoms with Gasteiger partial charge in [-0.3, -0.25) is 9.59 Å². The first-order valence-corrected chi connectivity index (χ1v) is 8.32. The minimum Gasteiger partial charge on any atom is -0.497 e. The van der Waals surface area contributed by atoms with Crippen LogP contribution in [0.3, 0.4) is 0 Å². The molecule has 1 N–H and O–H groups in total. The lowest BCUT2D eigenvalue weighted by molar-refractivity contribution is -0.118. The van der Waals surface area contributed by atoms with Gasteiger partial charge in [-0.2, -0.15) is 0 Å². The second kappa shape index (κ2) is 6.97. The highest BCUT2D eigenvalue weighted by Crippen LogP contribution is 2.24. The number of hydrogen-bond acceptors (Lipinski definition) is 3. The van der Waals surface area contributed by atoms with Crippen molar-refractivity contribution in [1.29, 1.82) is 0 Å². The second-order valence-corrected chi connectivity index (χ2v) is 6.38. The van der Waals surface area contributed by atoms with Gasteiger partial charge >= 0.3 is 0 Å². The van der Waals surface area contributed by atoms with Crippen LogP contribution in [0.2, 0.25) is 0 Å². The van der Waals surface area contributed by atoms with Crippen LogP contribution in [0.15, 0.2) is 42.5 Å². The highest BCUT2D eigenvalue weighted by atomic mass is 16.5. The van der Waals surface area contributed by atoms with Crippen molar-refractivity contribution in [3.63, 3.8) is 0 Å². The quantitative estimate of drug-likeness (QED) is 0.932. The molecular weight excluding hydrogens is 316 g/mol. The Labute approximate surface area is 147 Å². The lowest BCUT2D eigenvalue weighted by Gasteiger charge is -2.18. The van der Waals surface area contributed by atoms with E-state index in [1.165, 1.54) is 0 Å². The van der Waals surface area contributed by atoms with Gasteiger partial charge in [0.25, 0.3) is 5.91 Å². The molecular formula is C20H22N2O3. The van der Waals surface area contributed by atoms with Crippen molar-refractivity contribution < 1.29 is 14.3 Å². The van der Waals surface area contributed by atoms with E-state index in [0.29, 0.717) is 24.3 Å². The zero-order valence-corrected chi connectivity index (χ0v) is 14.7. The summed E-state index contributed by atoms with van der Waals surface area (Å²) in [5.74, 6) is 0.379. The van der Waals surface area contributed by atoms with Gasteiger partial charge in [0.05, 0.1) is 7.11 Å². The minimum atomic E-state index is -0.490. The van der Waals surface area contributed by atoms with Crippen LogP contribution in [0.4, 0.5) is 5.69 Å². The van der Waals surface area contributed by atoms with Crippen molar-refractivity contribution in [2.45, 2.75) is 26.3 Å². The fraction of sp³-hybridized carbons (Fsp3) is 0.300. The third-order valence-corrected chi connectivity index (χ3v) is 4.38. The molecule has 2 amide bonds. The van der Waals surface area contributed by atoms with Crippen LogP contribution in [0.5, 0.6) is 5.75 Å². The number of ether oxygens (including phenoxy) is 1. The molecule has 0 saturated carbocycles. The number of anilines is 1. The molecule has 1 fully saturated rings. The number of carbonyl (C=O) groups is 2. The Morgan fingerprint density at radius 3 is 2.36 bits per heavy atom. The molecule has 0 spiro atoms. The molecule has 0 radical (unpaired) electrons. The Morgan fingerprint density at radius 2 is 1.76 bits per heavy atom. The van der Waals surface area contributed by atoms with Crippen molar-refractivity contribution in [2.24, 2.45) is 0 Å². The van der Waals surface area contributed by atoms with Gasteiger partial charge in [-0.15, -0.1) is 0 Å². The van der Waals surface area contributed by atoms with E-state index >= 15 is 0 Å². The van der Waals surface area contributed by atoms with Gasteiger partial charge < -0.3 is 15.0 Å². The molecule has 0 bridgehead atoms. The van der Waals surface area contributed by atoms with Crippen molar-refractivity contribution >= 4 is 17.5 Å². The topological polar surface area (TPSA) is 58.6 Å². The van der Waals surface area contributed by atoms with Gasteiger partial charge in [-0.1, -0.05) is 6.07 Å². The highest BCUT2D eigenvalue weighted by molar-refractivity contribution is 6.04. The number of methoxy groups -OCH3 is 1. The third kappa shape index (κ3) is 3.65. The molecule has 2 aromatic rings. The van der Waals surface area contributed by atoms with Crippen molar-refractivity contribution in [1.82, 2.24) is 5.32 Å². The maximum atomic E-state index is 12.7. The first kappa shape index (κ1) is 17.0. The van der Waals surface area contributed by atoms with Crippen LogP contribution < -0.4 is 15.0 Å². The summed E-state index contributed by atoms with van der Waals surface area (Å²) in [5, 5.41) is 2.84. The molecule has 0 aliphatic carbocycles. The average molecular weight is 338 g/mol. The van der Waals surface area contributed by atoms with Crippen LogP contribution in [0, 0.1) is 13.8 Å². The number of nitrogens with one attached hydrogen (secondary N) is 1.